The molecule has 3 aromatic heterocycles. The van der Waals surface area contributed by atoms with Crippen molar-refractivity contribution >= 4 is 32.7 Å². The molecule has 0 aromatic carbocycles. The average molecular weight is 643 g/mol. The fourth-order valence-corrected chi connectivity index (χ4v) is 8.60. The van der Waals surface area contributed by atoms with Crippen molar-refractivity contribution < 1.29 is 36.2 Å². The Balaban J connectivity index is 1.40. The third-order valence-electron chi connectivity index (χ3n) is 9.57. The van der Waals surface area contributed by atoms with E-state index in [2.05, 4.69) is 14.9 Å². The Hall–Kier alpha value is -2.37. The van der Waals surface area contributed by atoms with Gasteiger partial charge in [0.1, 0.15) is 21.9 Å². The molecule has 5 heterocycles. The van der Waals surface area contributed by atoms with E-state index in [4.69, 9.17) is 14.5 Å². The Morgan fingerprint density at radius 1 is 1.16 bits per heavy atom. The van der Waals surface area contributed by atoms with Crippen molar-refractivity contribution in [2.45, 2.75) is 86.8 Å². The van der Waals surface area contributed by atoms with Crippen LogP contribution in [-0.2, 0) is 31.3 Å². The first-order chi connectivity index (χ1) is 20.2. The summed E-state index contributed by atoms with van der Waals surface area (Å²) in [5.41, 5.74) is -0.201. The number of nitrogens with one attached hydrogen (secondary N) is 1. The number of methoxy groups -OCH3 is 1. The van der Waals surface area contributed by atoms with Gasteiger partial charge in [0.15, 0.2) is 10.7 Å². The third kappa shape index (κ3) is 4.84. The molecule has 2 N–H and O–H groups in total. The van der Waals surface area contributed by atoms with Crippen LogP contribution in [0.25, 0.3) is 16.3 Å². The summed E-state index contributed by atoms with van der Waals surface area (Å²) in [6.45, 7) is 5.14. The highest BCUT2D eigenvalue weighted by Gasteiger charge is 2.51. The van der Waals surface area contributed by atoms with Crippen molar-refractivity contribution in [2.24, 2.45) is 5.41 Å². The smallest absolute Gasteiger partial charge is 0.390 e. The molecule has 11 nitrogen and oxygen atoms in total. The zero-order chi connectivity index (χ0) is 30.6. The maximum absolute atomic E-state index is 13.7. The topological polar surface area (TPSA) is 131 Å². The van der Waals surface area contributed by atoms with Gasteiger partial charge in [-0.1, -0.05) is 11.3 Å². The molecular weight excluding hydrogens is 609 g/mol. The van der Waals surface area contributed by atoms with Gasteiger partial charge in [0.2, 0.25) is 15.0 Å². The Kier molecular flexibility index (Phi) is 6.53. The number of fused-ring (bicyclic) bond motifs is 1. The largest absolute Gasteiger partial charge is 0.445 e. The zero-order valence-corrected chi connectivity index (χ0v) is 25.6. The van der Waals surface area contributed by atoms with E-state index >= 15 is 0 Å². The monoisotopic (exact) mass is 642 g/mol. The SMILES string of the molecule is COC1(c2nc3c(N4CCC5(CC4)CO[C@@H](C)[C@@H]5O)cc(S(=O)(=O)NC4(C)CC4)cn3c2-c2nnc(C(F)(F)F)s2)CC1. The molecule has 2 aliphatic heterocycles. The molecule has 2 saturated heterocycles. The second kappa shape index (κ2) is 9.57. The third-order valence-corrected chi connectivity index (χ3v) is 12.1. The summed E-state index contributed by atoms with van der Waals surface area (Å²) in [5, 5.41) is 17.0. The number of pyridine rings is 1. The van der Waals surface area contributed by atoms with Crippen LogP contribution in [0.3, 0.4) is 0 Å². The van der Waals surface area contributed by atoms with Crippen LogP contribution in [0.4, 0.5) is 18.9 Å². The molecule has 7 rings (SSSR count). The molecule has 1 spiro atoms. The van der Waals surface area contributed by atoms with Crippen LogP contribution in [0.5, 0.6) is 0 Å². The molecule has 4 fully saturated rings. The maximum atomic E-state index is 13.7. The van der Waals surface area contributed by atoms with E-state index in [1.165, 1.54) is 17.7 Å². The number of hydrogen-bond donors (Lipinski definition) is 2. The molecule has 2 atom stereocenters. The predicted molar refractivity (Wildman–Crippen MR) is 150 cm³/mol. The van der Waals surface area contributed by atoms with Gasteiger partial charge in [-0.3, -0.25) is 4.40 Å². The minimum atomic E-state index is -4.69. The molecule has 234 valence electrons. The summed E-state index contributed by atoms with van der Waals surface area (Å²) in [4.78, 5) is 6.93. The molecule has 4 aliphatic rings. The van der Waals surface area contributed by atoms with Crippen molar-refractivity contribution in [3.05, 3.63) is 23.0 Å². The number of nitrogens with zero attached hydrogens (tertiary/aromatic N) is 5. The van der Waals surface area contributed by atoms with E-state index in [9.17, 15) is 26.7 Å². The van der Waals surface area contributed by atoms with Crippen molar-refractivity contribution in [1.29, 1.82) is 0 Å². The van der Waals surface area contributed by atoms with Crippen LogP contribution in [0.1, 0.15) is 63.1 Å². The van der Waals surface area contributed by atoms with Crippen LogP contribution in [0.2, 0.25) is 0 Å². The lowest BCUT2D eigenvalue weighted by Gasteiger charge is -2.41. The Labute approximate surface area is 250 Å². The highest BCUT2D eigenvalue weighted by atomic mass is 32.2. The van der Waals surface area contributed by atoms with Crippen molar-refractivity contribution in [3.8, 4) is 10.7 Å². The number of anilines is 1. The van der Waals surface area contributed by atoms with E-state index < -0.39 is 43.9 Å². The standard InChI is InChI=1S/C27H33F3N6O5S2/c1-15-20(37)25(14-41-15)8-10-35(11-9-25)17-12-16(43(38,39)34-24(2)4-5-24)13-36-18(22-32-33-23(42-22)27(28,29)30)19(31-21(17)36)26(40-3)6-7-26/h12-13,15,20,34,37H,4-11,14H2,1-3H3/t15-,20-/m0/s1. The van der Waals surface area contributed by atoms with Crippen LogP contribution in [0.15, 0.2) is 17.2 Å². The number of piperidine rings is 1. The number of ether oxygens (including phenoxy) is 2. The quantitative estimate of drug-likeness (QED) is 0.396. The Morgan fingerprint density at radius 2 is 1.86 bits per heavy atom. The normalized spacial score (nSPS) is 26.0. The van der Waals surface area contributed by atoms with E-state index in [-0.39, 0.29) is 21.7 Å². The van der Waals surface area contributed by atoms with Gasteiger partial charge in [0.05, 0.1) is 24.5 Å². The summed E-state index contributed by atoms with van der Waals surface area (Å²) in [6, 6.07) is 1.58. The molecule has 43 heavy (non-hydrogen) atoms. The number of sulfonamides is 1. The predicted octanol–water partition coefficient (Wildman–Crippen LogP) is 3.70. The minimum absolute atomic E-state index is 0.0291. The van der Waals surface area contributed by atoms with Crippen LogP contribution >= 0.6 is 11.3 Å². The highest BCUT2D eigenvalue weighted by Crippen LogP contribution is 2.53. The second-order valence-corrected chi connectivity index (χ2v) is 15.3. The molecule has 0 amide bonds. The number of alkyl halides is 3. The Morgan fingerprint density at radius 3 is 2.40 bits per heavy atom. The van der Waals surface area contributed by atoms with Gasteiger partial charge in [-0.15, -0.1) is 10.2 Å². The Bertz CT molecular complexity index is 1690. The van der Waals surface area contributed by atoms with Crippen molar-refractivity contribution in [1.82, 2.24) is 24.3 Å². The number of rotatable bonds is 7. The van der Waals surface area contributed by atoms with Gasteiger partial charge in [-0.05, 0) is 58.4 Å². The molecule has 0 radical (unpaired) electrons. The van der Waals surface area contributed by atoms with Crippen LogP contribution in [0, 0.1) is 5.41 Å². The summed E-state index contributed by atoms with van der Waals surface area (Å²) < 4.78 is 84.0. The summed E-state index contributed by atoms with van der Waals surface area (Å²) in [6.07, 6.45) is -0.294. The van der Waals surface area contributed by atoms with Crippen LogP contribution in [-0.4, -0.2) is 77.7 Å². The van der Waals surface area contributed by atoms with Gasteiger partial charge in [-0.25, -0.2) is 18.1 Å². The molecule has 2 saturated carbocycles. The number of aromatic nitrogens is 4. The van der Waals surface area contributed by atoms with Gasteiger partial charge >= 0.3 is 6.18 Å². The second-order valence-electron chi connectivity index (χ2n) is 12.6. The fraction of sp³-hybridized carbons (Fsp3) is 0.667. The average Bonchev–Trinajstić information content (AvgIpc) is 3.75. The highest BCUT2D eigenvalue weighted by molar-refractivity contribution is 7.89. The molecule has 0 unspecified atom stereocenters. The molecule has 0 bridgehead atoms. The number of halogens is 3. The van der Waals surface area contributed by atoms with Gasteiger partial charge < -0.3 is 19.5 Å². The number of imidazole rings is 1. The van der Waals surface area contributed by atoms with Crippen LogP contribution < -0.4 is 9.62 Å². The minimum Gasteiger partial charge on any atom is -0.390 e. The van der Waals surface area contributed by atoms with Crippen molar-refractivity contribution in [2.75, 3.05) is 31.7 Å². The van der Waals surface area contributed by atoms with E-state index in [0.29, 0.717) is 86.6 Å². The summed E-state index contributed by atoms with van der Waals surface area (Å²) >= 11 is 0.385. The molecule has 16 heteroatoms. The van der Waals surface area contributed by atoms with Gasteiger partial charge in [0, 0.05) is 37.4 Å². The summed E-state index contributed by atoms with van der Waals surface area (Å²) in [7, 11) is -2.48. The first-order valence-electron chi connectivity index (χ1n) is 14.3. The number of hydrogen-bond acceptors (Lipinski definition) is 10. The zero-order valence-electron chi connectivity index (χ0n) is 23.9. The van der Waals surface area contributed by atoms with Crippen molar-refractivity contribution in [3.63, 3.8) is 0 Å². The van der Waals surface area contributed by atoms with E-state index in [1.54, 1.807) is 6.07 Å². The lowest BCUT2D eigenvalue weighted by Crippen LogP contribution is -2.47. The van der Waals surface area contributed by atoms with Gasteiger partial charge in [-0.2, -0.15) is 13.2 Å². The summed E-state index contributed by atoms with van der Waals surface area (Å²) in [5.74, 6) is 0. The lowest BCUT2D eigenvalue weighted by atomic mass is 9.74. The first kappa shape index (κ1) is 29.3. The maximum Gasteiger partial charge on any atom is 0.445 e. The first-order valence-corrected chi connectivity index (χ1v) is 16.6. The lowest BCUT2D eigenvalue weighted by molar-refractivity contribution is -0.138. The molecule has 3 aromatic rings. The molecule has 2 aliphatic carbocycles. The van der Waals surface area contributed by atoms with Gasteiger partial charge in [0.25, 0.3) is 0 Å². The fourth-order valence-electron chi connectivity index (χ4n) is 6.37. The number of aliphatic hydroxyl groups is 1. The number of aliphatic hydroxyl groups excluding tert-OH is 1. The van der Waals surface area contributed by atoms with E-state index in [0.717, 1.165) is 0 Å². The van der Waals surface area contributed by atoms with E-state index in [1.807, 2.05) is 18.7 Å². The molecular formula is C27H33F3N6O5S2.